The molecule has 1 aliphatic heterocycles. The van der Waals surface area contributed by atoms with E-state index < -0.39 is 0 Å². The monoisotopic (exact) mass is 325 g/mol. The summed E-state index contributed by atoms with van der Waals surface area (Å²) >= 11 is 0. The minimum absolute atomic E-state index is 0.0586. The number of carbonyl (C=O) groups excluding carboxylic acids is 1. The van der Waals surface area contributed by atoms with Crippen LogP contribution in [0.3, 0.4) is 0 Å². The number of ether oxygens (including phenoxy) is 1. The average molecular weight is 325 g/mol. The highest BCUT2D eigenvalue weighted by Crippen LogP contribution is 2.17. The smallest absolute Gasteiger partial charge is 0.248 e. The lowest BCUT2D eigenvalue weighted by atomic mass is 10.2. The first-order valence-electron chi connectivity index (χ1n) is 8.30. The first kappa shape index (κ1) is 16.5. The number of hydrogen-bond donors (Lipinski definition) is 0. The van der Waals surface area contributed by atoms with Crippen molar-refractivity contribution in [2.75, 3.05) is 37.7 Å². The van der Waals surface area contributed by atoms with Crippen LogP contribution in [0.5, 0.6) is 0 Å². The highest BCUT2D eigenvalue weighted by Gasteiger charge is 2.22. The molecule has 2 heterocycles. The van der Waals surface area contributed by atoms with Crippen molar-refractivity contribution in [2.24, 2.45) is 0 Å². The Morgan fingerprint density at radius 3 is 2.54 bits per heavy atom. The van der Waals surface area contributed by atoms with Gasteiger partial charge >= 0.3 is 0 Å². The van der Waals surface area contributed by atoms with Gasteiger partial charge in [0.2, 0.25) is 5.91 Å². The summed E-state index contributed by atoms with van der Waals surface area (Å²) in [5, 5.41) is 0. The topological polar surface area (TPSA) is 45.7 Å². The molecule has 0 unspecified atom stereocenters. The first-order chi connectivity index (χ1) is 11.7. The van der Waals surface area contributed by atoms with Crippen molar-refractivity contribution in [1.82, 2.24) is 9.88 Å². The maximum Gasteiger partial charge on any atom is 0.248 e. The van der Waals surface area contributed by atoms with Gasteiger partial charge in [0.25, 0.3) is 0 Å². The second-order valence-corrected chi connectivity index (χ2v) is 5.99. The number of pyridine rings is 1. The van der Waals surface area contributed by atoms with Gasteiger partial charge in [-0.1, -0.05) is 36.4 Å². The van der Waals surface area contributed by atoms with Gasteiger partial charge in [-0.3, -0.25) is 4.79 Å². The number of carbonyl (C=O) groups is 1. The Morgan fingerprint density at radius 1 is 1.08 bits per heavy atom. The van der Waals surface area contributed by atoms with E-state index in [9.17, 15) is 4.79 Å². The van der Waals surface area contributed by atoms with Gasteiger partial charge in [0, 0.05) is 32.4 Å². The number of aryl methyl sites for hydroxylation is 1. The predicted octanol–water partition coefficient (Wildman–Crippen LogP) is 2.26. The van der Waals surface area contributed by atoms with Crippen LogP contribution < -0.4 is 4.90 Å². The molecule has 0 aliphatic carbocycles. The average Bonchev–Trinajstić information content (AvgIpc) is 2.63. The minimum atomic E-state index is 0.0586. The van der Waals surface area contributed by atoms with Crippen LogP contribution in [0.15, 0.2) is 48.7 Å². The molecule has 1 fully saturated rings. The second-order valence-electron chi connectivity index (χ2n) is 5.99. The zero-order valence-corrected chi connectivity index (χ0v) is 14.0. The van der Waals surface area contributed by atoms with Crippen LogP contribution in [0.4, 0.5) is 5.82 Å². The number of hydrogen-bond acceptors (Lipinski definition) is 4. The summed E-state index contributed by atoms with van der Waals surface area (Å²) in [6.07, 6.45) is 1.82. The zero-order chi connectivity index (χ0) is 16.8. The maximum absolute atomic E-state index is 12.3. The van der Waals surface area contributed by atoms with E-state index in [0.29, 0.717) is 19.7 Å². The molecule has 0 bridgehead atoms. The highest BCUT2D eigenvalue weighted by molar-refractivity contribution is 5.77. The van der Waals surface area contributed by atoms with Crippen molar-refractivity contribution in [3.63, 3.8) is 0 Å². The third-order valence-corrected chi connectivity index (χ3v) is 4.25. The van der Waals surface area contributed by atoms with Crippen LogP contribution >= 0.6 is 0 Å². The van der Waals surface area contributed by atoms with Crippen molar-refractivity contribution in [3.05, 3.63) is 59.8 Å². The van der Waals surface area contributed by atoms with Gasteiger partial charge in [-0.25, -0.2) is 4.98 Å². The molecular formula is C19H23N3O2. The summed E-state index contributed by atoms with van der Waals surface area (Å²) in [4.78, 5) is 20.8. The second kappa shape index (κ2) is 7.93. The van der Waals surface area contributed by atoms with Gasteiger partial charge in [-0.2, -0.15) is 0 Å². The van der Waals surface area contributed by atoms with Gasteiger partial charge in [0.15, 0.2) is 0 Å². The molecular weight excluding hydrogens is 302 g/mol. The van der Waals surface area contributed by atoms with Gasteiger partial charge in [-0.15, -0.1) is 0 Å². The number of piperazine rings is 1. The fourth-order valence-electron chi connectivity index (χ4n) is 2.90. The van der Waals surface area contributed by atoms with Crippen molar-refractivity contribution >= 4 is 11.7 Å². The standard InChI is InChI=1S/C19H23N3O2/c1-16-6-5-9-20-19(16)22-12-10-21(11-13-22)18(23)15-24-14-17-7-3-2-4-8-17/h2-9H,10-15H2,1H3. The predicted molar refractivity (Wildman–Crippen MR) is 93.9 cm³/mol. The molecule has 0 spiro atoms. The van der Waals surface area contributed by atoms with Crippen molar-refractivity contribution in [2.45, 2.75) is 13.5 Å². The van der Waals surface area contributed by atoms with Gasteiger partial charge in [0.1, 0.15) is 12.4 Å². The maximum atomic E-state index is 12.3. The SMILES string of the molecule is Cc1cccnc1N1CCN(C(=O)COCc2ccccc2)CC1. The number of benzene rings is 1. The van der Waals surface area contributed by atoms with E-state index >= 15 is 0 Å². The molecule has 1 saturated heterocycles. The molecule has 5 nitrogen and oxygen atoms in total. The van der Waals surface area contributed by atoms with Crippen LogP contribution in [0, 0.1) is 6.92 Å². The van der Waals surface area contributed by atoms with Crippen LogP contribution in [0.2, 0.25) is 0 Å². The Kier molecular flexibility index (Phi) is 5.43. The fourth-order valence-corrected chi connectivity index (χ4v) is 2.90. The number of anilines is 1. The lowest BCUT2D eigenvalue weighted by Crippen LogP contribution is -2.50. The molecule has 1 aliphatic rings. The minimum Gasteiger partial charge on any atom is -0.367 e. The number of rotatable bonds is 5. The molecule has 2 aromatic rings. The summed E-state index contributed by atoms with van der Waals surface area (Å²) in [7, 11) is 0. The van der Waals surface area contributed by atoms with E-state index in [1.165, 1.54) is 5.56 Å². The third-order valence-electron chi connectivity index (χ3n) is 4.25. The highest BCUT2D eigenvalue weighted by atomic mass is 16.5. The van der Waals surface area contributed by atoms with E-state index in [0.717, 1.165) is 24.5 Å². The molecule has 1 amide bonds. The largest absolute Gasteiger partial charge is 0.367 e. The molecule has 24 heavy (non-hydrogen) atoms. The lowest BCUT2D eigenvalue weighted by molar-refractivity contribution is -0.136. The van der Waals surface area contributed by atoms with Crippen molar-refractivity contribution < 1.29 is 9.53 Å². The van der Waals surface area contributed by atoms with Crippen LogP contribution in [0.1, 0.15) is 11.1 Å². The van der Waals surface area contributed by atoms with E-state index in [2.05, 4.69) is 22.9 Å². The molecule has 0 atom stereocenters. The summed E-state index contributed by atoms with van der Waals surface area (Å²) in [6.45, 7) is 5.71. The van der Waals surface area contributed by atoms with Gasteiger partial charge in [0.05, 0.1) is 6.61 Å². The molecule has 126 valence electrons. The molecule has 0 saturated carbocycles. The summed E-state index contributed by atoms with van der Waals surface area (Å²) < 4.78 is 5.55. The third kappa shape index (κ3) is 4.11. The van der Waals surface area contributed by atoms with Crippen LogP contribution in [-0.4, -0.2) is 48.6 Å². The Morgan fingerprint density at radius 2 is 1.83 bits per heavy atom. The Labute approximate surface area is 142 Å². The Hall–Kier alpha value is -2.40. The first-order valence-corrected chi connectivity index (χ1v) is 8.30. The molecule has 1 aromatic carbocycles. The van der Waals surface area contributed by atoms with E-state index in [1.807, 2.05) is 47.5 Å². The zero-order valence-electron chi connectivity index (χ0n) is 14.0. The molecule has 0 N–H and O–H groups in total. The number of nitrogens with zero attached hydrogens (tertiary/aromatic N) is 3. The van der Waals surface area contributed by atoms with E-state index in [4.69, 9.17) is 4.74 Å². The Bertz CT molecular complexity index is 667. The lowest BCUT2D eigenvalue weighted by Gasteiger charge is -2.36. The van der Waals surface area contributed by atoms with Gasteiger partial charge < -0.3 is 14.5 Å². The number of aromatic nitrogens is 1. The Balaban J connectivity index is 1.44. The molecule has 0 radical (unpaired) electrons. The molecule has 1 aromatic heterocycles. The summed E-state index contributed by atoms with van der Waals surface area (Å²) in [5.41, 5.74) is 2.25. The summed E-state index contributed by atoms with van der Waals surface area (Å²) in [6, 6.07) is 13.9. The quantitative estimate of drug-likeness (QED) is 0.846. The van der Waals surface area contributed by atoms with Crippen LogP contribution in [0.25, 0.3) is 0 Å². The summed E-state index contributed by atoms with van der Waals surface area (Å²) in [5.74, 6) is 1.08. The molecule has 3 rings (SSSR count). The van der Waals surface area contributed by atoms with E-state index in [-0.39, 0.29) is 12.5 Å². The number of amides is 1. The van der Waals surface area contributed by atoms with Crippen molar-refractivity contribution in [3.8, 4) is 0 Å². The van der Waals surface area contributed by atoms with Gasteiger partial charge in [-0.05, 0) is 24.1 Å². The van der Waals surface area contributed by atoms with E-state index in [1.54, 1.807) is 0 Å². The molecule has 5 heteroatoms. The fraction of sp³-hybridized carbons (Fsp3) is 0.368. The van der Waals surface area contributed by atoms with Crippen molar-refractivity contribution in [1.29, 1.82) is 0 Å². The normalized spacial score (nSPS) is 14.7. The van der Waals surface area contributed by atoms with Crippen LogP contribution in [-0.2, 0) is 16.1 Å².